The van der Waals surface area contributed by atoms with Crippen molar-refractivity contribution in [3.05, 3.63) is 40.8 Å². The number of phenolic OH excluding ortho intramolecular Hbond substituents is 1. The van der Waals surface area contributed by atoms with E-state index in [0.29, 0.717) is 5.92 Å². The van der Waals surface area contributed by atoms with Crippen molar-refractivity contribution < 1.29 is 5.11 Å². The number of benzene rings is 1. The number of aryl methyl sites for hydroxylation is 1. The third kappa shape index (κ3) is 2.29. The van der Waals surface area contributed by atoms with Crippen LogP contribution in [0.5, 0.6) is 5.75 Å². The molecule has 0 radical (unpaired) electrons. The standard InChI is InChI=1S/C19H21N3O2.ClH/c1-20-15-3-2-13(23)10-14(15)18-16(20)6-9-22(19(18)24)17-11-21-7-4-12(17)5-8-21;/h2-3,6,9-10,12,17,23H,4-5,7-8,11H2,1H3;1H/t17-;/m1./s1. The van der Waals surface area contributed by atoms with Gasteiger partial charge < -0.3 is 19.1 Å². The number of hydrogen-bond acceptors (Lipinski definition) is 3. The number of halogens is 1. The van der Waals surface area contributed by atoms with Crippen molar-refractivity contribution in [2.75, 3.05) is 19.6 Å². The Morgan fingerprint density at radius 3 is 2.56 bits per heavy atom. The fourth-order valence-corrected chi connectivity index (χ4v) is 4.73. The molecule has 5 nitrogen and oxygen atoms in total. The highest BCUT2D eigenvalue weighted by atomic mass is 35.5. The molecule has 5 heterocycles. The molecule has 2 aromatic heterocycles. The number of nitrogens with zero attached hydrogens (tertiary/aromatic N) is 3. The molecule has 3 aliphatic heterocycles. The third-order valence-corrected chi connectivity index (χ3v) is 6.05. The fourth-order valence-electron chi connectivity index (χ4n) is 4.73. The molecule has 6 heteroatoms. The Bertz CT molecular complexity index is 1010. The second-order valence-electron chi connectivity index (χ2n) is 7.25. The normalized spacial score (nSPS) is 25.4. The van der Waals surface area contributed by atoms with E-state index >= 15 is 0 Å². The van der Waals surface area contributed by atoms with E-state index in [4.69, 9.17) is 0 Å². The van der Waals surface area contributed by atoms with Crippen LogP contribution >= 0.6 is 12.4 Å². The Balaban J connectivity index is 0.00000157. The first-order valence-corrected chi connectivity index (χ1v) is 8.68. The fraction of sp³-hybridized carbons (Fsp3) is 0.421. The monoisotopic (exact) mass is 359 g/mol. The Labute approximate surface area is 151 Å². The molecule has 6 rings (SSSR count). The van der Waals surface area contributed by atoms with Gasteiger partial charge in [-0.25, -0.2) is 0 Å². The molecule has 0 saturated carbocycles. The molecule has 0 aliphatic carbocycles. The molecule has 1 aromatic carbocycles. The molecule has 1 N–H and O–H groups in total. The van der Waals surface area contributed by atoms with Crippen LogP contribution in [0.3, 0.4) is 0 Å². The van der Waals surface area contributed by atoms with Gasteiger partial charge in [-0.1, -0.05) is 0 Å². The van der Waals surface area contributed by atoms with Crippen molar-refractivity contribution in [2.45, 2.75) is 18.9 Å². The van der Waals surface area contributed by atoms with E-state index in [9.17, 15) is 9.90 Å². The molecular formula is C19H22ClN3O2. The highest BCUT2D eigenvalue weighted by Crippen LogP contribution is 2.36. The number of pyridine rings is 1. The van der Waals surface area contributed by atoms with Gasteiger partial charge >= 0.3 is 0 Å². The van der Waals surface area contributed by atoms with E-state index in [2.05, 4.69) is 4.90 Å². The van der Waals surface area contributed by atoms with Crippen molar-refractivity contribution in [1.82, 2.24) is 14.0 Å². The number of aromatic hydroxyl groups is 1. The molecule has 0 unspecified atom stereocenters. The topological polar surface area (TPSA) is 50.4 Å². The second kappa shape index (κ2) is 5.78. The van der Waals surface area contributed by atoms with E-state index in [-0.39, 0.29) is 29.8 Å². The zero-order chi connectivity index (χ0) is 16.4. The zero-order valence-electron chi connectivity index (χ0n) is 14.2. The predicted molar refractivity (Wildman–Crippen MR) is 102 cm³/mol. The summed E-state index contributed by atoms with van der Waals surface area (Å²) in [5.74, 6) is 0.807. The summed E-state index contributed by atoms with van der Waals surface area (Å²) >= 11 is 0. The van der Waals surface area contributed by atoms with Crippen molar-refractivity contribution in [2.24, 2.45) is 13.0 Å². The molecule has 0 spiro atoms. The van der Waals surface area contributed by atoms with Crippen LogP contribution < -0.4 is 5.56 Å². The number of rotatable bonds is 1. The lowest BCUT2D eigenvalue weighted by molar-refractivity contribution is 0.0556. The summed E-state index contributed by atoms with van der Waals surface area (Å²) in [5, 5.41) is 11.4. The van der Waals surface area contributed by atoms with Gasteiger partial charge in [0.05, 0.1) is 16.9 Å². The summed E-state index contributed by atoms with van der Waals surface area (Å²) in [5.41, 5.74) is 1.98. The summed E-state index contributed by atoms with van der Waals surface area (Å²) in [6, 6.07) is 7.58. The minimum atomic E-state index is 0. The van der Waals surface area contributed by atoms with Gasteiger partial charge in [0.25, 0.3) is 5.56 Å². The molecule has 0 amide bonds. The highest BCUT2D eigenvalue weighted by Gasteiger charge is 2.35. The average Bonchev–Trinajstić information content (AvgIpc) is 2.89. The first-order valence-electron chi connectivity index (χ1n) is 8.68. The minimum absolute atomic E-state index is 0. The lowest BCUT2D eigenvalue weighted by atomic mass is 9.84. The third-order valence-electron chi connectivity index (χ3n) is 6.05. The first-order chi connectivity index (χ1) is 11.6. The number of phenols is 1. The predicted octanol–water partition coefficient (Wildman–Crippen LogP) is 2.89. The molecular weight excluding hydrogens is 338 g/mol. The summed E-state index contributed by atoms with van der Waals surface area (Å²) in [6.45, 7) is 3.31. The van der Waals surface area contributed by atoms with Crippen LogP contribution in [0.15, 0.2) is 35.3 Å². The average molecular weight is 360 g/mol. The van der Waals surface area contributed by atoms with Gasteiger partial charge in [-0.2, -0.15) is 0 Å². The van der Waals surface area contributed by atoms with Crippen LogP contribution in [-0.4, -0.2) is 38.8 Å². The quantitative estimate of drug-likeness (QED) is 0.726. The van der Waals surface area contributed by atoms with Crippen LogP contribution in [0.25, 0.3) is 21.8 Å². The van der Waals surface area contributed by atoms with Gasteiger partial charge in [-0.15, -0.1) is 12.4 Å². The summed E-state index contributed by atoms with van der Waals surface area (Å²) in [6.07, 6.45) is 4.34. The maximum Gasteiger partial charge on any atom is 0.260 e. The summed E-state index contributed by atoms with van der Waals surface area (Å²) < 4.78 is 3.98. The van der Waals surface area contributed by atoms with Crippen LogP contribution in [0.1, 0.15) is 18.9 Å². The van der Waals surface area contributed by atoms with Gasteiger partial charge in [0.2, 0.25) is 0 Å². The lowest BCUT2D eigenvalue weighted by Gasteiger charge is -2.45. The van der Waals surface area contributed by atoms with Crippen LogP contribution in [-0.2, 0) is 7.05 Å². The van der Waals surface area contributed by atoms with E-state index in [0.717, 1.165) is 28.4 Å². The van der Waals surface area contributed by atoms with Gasteiger partial charge in [-0.05, 0) is 56.1 Å². The van der Waals surface area contributed by atoms with Gasteiger partial charge in [0.15, 0.2) is 0 Å². The Hall–Kier alpha value is -1.98. The van der Waals surface area contributed by atoms with E-state index in [1.807, 2.05) is 34.5 Å². The Kier molecular flexibility index (Phi) is 3.81. The number of fused-ring (bicyclic) bond motifs is 6. The van der Waals surface area contributed by atoms with E-state index < -0.39 is 0 Å². The maximum absolute atomic E-state index is 13.3. The summed E-state index contributed by atoms with van der Waals surface area (Å²) in [4.78, 5) is 15.8. The van der Waals surface area contributed by atoms with Gasteiger partial charge in [-0.3, -0.25) is 4.79 Å². The molecule has 25 heavy (non-hydrogen) atoms. The molecule has 2 bridgehead atoms. The SMILES string of the molecule is Cl.Cn1c2ccc(O)cc2c2c(=O)n([C@@H]3CN4CCC3CC4)ccc21. The molecule has 132 valence electrons. The number of aromatic nitrogens is 2. The highest BCUT2D eigenvalue weighted by molar-refractivity contribution is 6.07. The molecule has 1 atom stereocenters. The Morgan fingerprint density at radius 2 is 1.88 bits per heavy atom. The Morgan fingerprint density at radius 1 is 1.12 bits per heavy atom. The molecule has 3 fully saturated rings. The van der Waals surface area contributed by atoms with Crippen molar-refractivity contribution in [3.8, 4) is 5.75 Å². The lowest BCUT2D eigenvalue weighted by Crippen LogP contribution is -2.49. The first kappa shape index (κ1) is 16.5. The van der Waals surface area contributed by atoms with E-state index in [1.165, 1.54) is 25.9 Å². The van der Waals surface area contributed by atoms with Crippen LogP contribution in [0.4, 0.5) is 0 Å². The summed E-state index contributed by atoms with van der Waals surface area (Å²) in [7, 11) is 1.97. The maximum atomic E-state index is 13.3. The van der Waals surface area contributed by atoms with Crippen LogP contribution in [0, 0.1) is 5.92 Å². The van der Waals surface area contributed by atoms with Crippen molar-refractivity contribution in [1.29, 1.82) is 0 Å². The van der Waals surface area contributed by atoms with Crippen molar-refractivity contribution in [3.63, 3.8) is 0 Å². The smallest absolute Gasteiger partial charge is 0.260 e. The van der Waals surface area contributed by atoms with Crippen LogP contribution in [0.2, 0.25) is 0 Å². The molecule has 3 saturated heterocycles. The van der Waals surface area contributed by atoms with Gasteiger partial charge in [0.1, 0.15) is 5.75 Å². The van der Waals surface area contributed by atoms with Gasteiger partial charge in [0, 0.05) is 30.7 Å². The second-order valence-corrected chi connectivity index (χ2v) is 7.25. The molecule has 3 aliphatic rings. The zero-order valence-corrected chi connectivity index (χ0v) is 15.0. The largest absolute Gasteiger partial charge is 0.508 e. The number of piperidine rings is 3. The van der Waals surface area contributed by atoms with E-state index in [1.54, 1.807) is 12.1 Å². The number of hydrogen-bond donors (Lipinski definition) is 1. The minimum Gasteiger partial charge on any atom is -0.508 e. The molecule has 3 aromatic rings. The van der Waals surface area contributed by atoms with Crippen molar-refractivity contribution >= 4 is 34.2 Å².